The minimum absolute atomic E-state index is 0.00266. The number of thiocarbonyl (C=S) groups is 1. The van der Waals surface area contributed by atoms with E-state index in [2.05, 4.69) is 4.83 Å². The van der Waals surface area contributed by atoms with Crippen LogP contribution in [0.15, 0.2) is 58.3 Å². The molecule has 0 aliphatic carbocycles. The van der Waals surface area contributed by atoms with Crippen molar-refractivity contribution in [1.29, 1.82) is 0 Å². The third-order valence-electron chi connectivity index (χ3n) is 4.20. The van der Waals surface area contributed by atoms with Gasteiger partial charge in [0.05, 0.1) is 29.4 Å². The van der Waals surface area contributed by atoms with Crippen LogP contribution in [0, 0.1) is 0 Å². The third-order valence-corrected chi connectivity index (χ3v) is 6.82. The summed E-state index contributed by atoms with van der Waals surface area (Å²) in [5, 5.41) is 9.58. The Kier molecular flexibility index (Phi) is 8.08. The summed E-state index contributed by atoms with van der Waals surface area (Å²) in [5.74, 6) is -0.825. The lowest BCUT2D eigenvalue weighted by Crippen LogP contribution is -2.44. The monoisotopic (exact) mass is 508 g/mol. The molecule has 0 unspecified atom stereocenters. The van der Waals surface area contributed by atoms with Crippen molar-refractivity contribution in [2.45, 2.75) is 18.2 Å². The van der Waals surface area contributed by atoms with Crippen LogP contribution in [-0.4, -0.2) is 47.9 Å². The number of sulfonamides is 1. The average Bonchev–Trinajstić information content (AvgIpc) is 3.03. The number of hydrogen-bond donors (Lipinski definition) is 2. The second-order valence-corrected chi connectivity index (χ2v) is 9.89. The molecule has 9 nitrogen and oxygen atoms in total. The van der Waals surface area contributed by atoms with Gasteiger partial charge in [-0.15, -0.1) is 4.83 Å². The van der Waals surface area contributed by atoms with Crippen molar-refractivity contribution in [3.05, 3.63) is 59.0 Å². The van der Waals surface area contributed by atoms with Gasteiger partial charge in [-0.25, -0.2) is 13.4 Å². The highest BCUT2D eigenvalue weighted by Crippen LogP contribution is 2.34. The van der Waals surface area contributed by atoms with Gasteiger partial charge in [-0.1, -0.05) is 48.2 Å². The number of ether oxygens (including phenoxy) is 2. The summed E-state index contributed by atoms with van der Waals surface area (Å²) in [7, 11) is -3.99. The largest absolute Gasteiger partial charge is 0.490 e. The van der Waals surface area contributed by atoms with Crippen molar-refractivity contribution in [2.24, 2.45) is 0 Å². The van der Waals surface area contributed by atoms with Crippen molar-refractivity contribution in [2.75, 3.05) is 13.2 Å². The molecular weight excluding hydrogens is 488 g/mol. The SMILES string of the molecule is CCOc1cc(/C=C2/SC(=S)N(NS(=O)(=O)c3ccccc3)C2=O)ccc1OCCC(=O)O. The van der Waals surface area contributed by atoms with E-state index >= 15 is 0 Å². The van der Waals surface area contributed by atoms with E-state index in [1.54, 1.807) is 49.4 Å². The molecule has 0 aromatic heterocycles. The predicted octanol–water partition coefficient (Wildman–Crippen LogP) is 3.03. The van der Waals surface area contributed by atoms with Gasteiger partial charge >= 0.3 is 5.97 Å². The van der Waals surface area contributed by atoms with Crippen molar-refractivity contribution >= 4 is 56.3 Å². The van der Waals surface area contributed by atoms with E-state index < -0.39 is 21.9 Å². The number of carboxylic acids is 1. The van der Waals surface area contributed by atoms with Crippen LogP contribution in [0.2, 0.25) is 0 Å². The molecule has 0 bridgehead atoms. The van der Waals surface area contributed by atoms with Crippen LogP contribution in [0.5, 0.6) is 11.5 Å². The molecule has 0 spiro atoms. The number of thioether (sulfide) groups is 1. The van der Waals surface area contributed by atoms with Crippen LogP contribution in [0.3, 0.4) is 0 Å². The molecule has 1 fully saturated rings. The summed E-state index contributed by atoms with van der Waals surface area (Å²) in [5.41, 5.74) is 0.593. The molecule has 1 heterocycles. The number of rotatable bonds is 10. The maximum Gasteiger partial charge on any atom is 0.306 e. The van der Waals surface area contributed by atoms with Gasteiger partial charge in [0.15, 0.2) is 15.8 Å². The topological polar surface area (TPSA) is 122 Å². The molecule has 12 heteroatoms. The number of carboxylic acid groups (broad SMARTS) is 1. The number of amides is 1. The molecule has 33 heavy (non-hydrogen) atoms. The van der Waals surface area contributed by atoms with Crippen LogP contribution >= 0.6 is 24.0 Å². The normalized spacial score (nSPS) is 15.2. The van der Waals surface area contributed by atoms with Gasteiger partial charge < -0.3 is 14.6 Å². The van der Waals surface area contributed by atoms with Crippen molar-refractivity contribution in [3.63, 3.8) is 0 Å². The van der Waals surface area contributed by atoms with Crippen LogP contribution in [-0.2, 0) is 19.6 Å². The summed E-state index contributed by atoms with van der Waals surface area (Å²) in [6.45, 7) is 2.12. The molecule has 2 aromatic rings. The van der Waals surface area contributed by atoms with Crippen LogP contribution in [0.1, 0.15) is 18.9 Å². The predicted molar refractivity (Wildman–Crippen MR) is 127 cm³/mol. The van der Waals surface area contributed by atoms with Gasteiger partial charge in [-0.3, -0.25) is 9.59 Å². The first-order valence-electron chi connectivity index (χ1n) is 9.68. The Hall–Kier alpha value is -2.93. The lowest BCUT2D eigenvalue weighted by molar-refractivity contribution is -0.137. The molecule has 1 aliphatic rings. The molecule has 1 amide bonds. The van der Waals surface area contributed by atoms with Crippen LogP contribution < -0.4 is 14.3 Å². The second kappa shape index (κ2) is 10.8. The molecule has 2 aromatic carbocycles. The highest BCUT2D eigenvalue weighted by atomic mass is 32.2. The van der Waals surface area contributed by atoms with E-state index in [9.17, 15) is 18.0 Å². The van der Waals surface area contributed by atoms with Crippen LogP contribution in [0.4, 0.5) is 0 Å². The summed E-state index contributed by atoms with van der Waals surface area (Å²) >= 11 is 6.15. The number of aliphatic carboxylic acids is 1. The first kappa shape index (κ1) is 24.7. The molecule has 1 saturated heterocycles. The first-order valence-corrected chi connectivity index (χ1v) is 12.4. The molecule has 0 radical (unpaired) electrons. The minimum atomic E-state index is -3.99. The van der Waals surface area contributed by atoms with Gasteiger partial charge in [0.25, 0.3) is 15.9 Å². The highest BCUT2D eigenvalue weighted by Gasteiger charge is 2.35. The molecule has 2 N–H and O–H groups in total. The molecule has 1 aliphatic heterocycles. The van der Waals surface area contributed by atoms with Crippen molar-refractivity contribution < 1.29 is 32.6 Å². The van der Waals surface area contributed by atoms with Gasteiger partial charge in [0, 0.05) is 0 Å². The lowest BCUT2D eigenvalue weighted by Gasteiger charge is -2.15. The fourth-order valence-electron chi connectivity index (χ4n) is 2.72. The summed E-state index contributed by atoms with van der Waals surface area (Å²) in [6, 6.07) is 12.6. The van der Waals surface area contributed by atoms with Crippen molar-refractivity contribution in [3.8, 4) is 11.5 Å². The number of hydrazine groups is 1. The Balaban J connectivity index is 1.79. The molecular formula is C21H20N2O7S3. The summed E-state index contributed by atoms with van der Waals surface area (Å²) in [4.78, 5) is 26.0. The number of nitrogens with one attached hydrogen (secondary N) is 1. The van der Waals surface area contributed by atoms with Crippen LogP contribution in [0.25, 0.3) is 6.08 Å². The number of carbonyl (C=O) groups is 2. The first-order chi connectivity index (χ1) is 15.7. The zero-order chi connectivity index (χ0) is 24.0. The van der Waals surface area contributed by atoms with Gasteiger partial charge in [0.2, 0.25) is 0 Å². The zero-order valence-corrected chi connectivity index (χ0v) is 19.8. The maximum atomic E-state index is 12.8. The lowest BCUT2D eigenvalue weighted by atomic mass is 10.2. The number of hydrogen-bond acceptors (Lipinski definition) is 8. The minimum Gasteiger partial charge on any atom is -0.490 e. The van der Waals surface area contributed by atoms with E-state index in [1.807, 2.05) is 0 Å². The third kappa shape index (κ3) is 6.32. The summed E-state index contributed by atoms with van der Waals surface area (Å²) < 4.78 is 36.2. The van der Waals surface area contributed by atoms with E-state index in [0.29, 0.717) is 23.7 Å². The number of benzene rings is 2. The Morgan fingerprint density at radius 1 is 1.18 bits per heavy atom. The van der Waals surface area contributed by atoms with E-state index in [4.69, 9.17) is 26.8 Å². The van der Waals surface area contributed by atoms with E-state index in [1.165, 1.54) is 12.1 Å². The van der Waals surface area contributed by atoms with E-state index in [-0.39, 0.29) is 27.1 Å². The Morgan fingerprint density at radius 3 is 2.58 bits per heavy atom. The second-order valence-electron chi connectivity index (χ2n) is 6.56. The maximum absolute atomic E-state index is 12.8. The van der Waals surface area contributed by atoms with Gasteiger partial charge in [-0.05, 0) is 42.8 Å². The number of carbonyl (C=O) groups excluding carboxylic acids is 1. The zero-order valence-electron chi connectivity index (χ0n) is 17.4. The quantitative estimate of drug-likeness (QED) is 0.368. The molecule has 0 saturated carbocycles. The molecule has 3 rings (SSSR count). The molecule has 174 valence electrons. The average molecular weight is 509 g/mol. The highest BCUT2D eigenvalue weighted by molar-refractivity contribution is 8.26. The molecule has 0 atom stereocenters. The fraction of sp³-hybridized carbons (Fsp3) is 0.190. The summed E-state index contributed by atoms with van der Waals surface area (Å²) in [6.07, 6.45) is 1.40. The van der Waals surface area contributed by atoms with Gasteiger partial charge in [0.1, 0.15) is 0 Å². The van der Waals surface area contributed by atoms with Crippen molar-refractivity contribution in [1.82, 2.24) is 9.84 Å². The van der Waals surface area contributed by atoms with E-state index in [0.717, 1.165) is 16.8 Å². The fourth-order valence-corrected chi connectivity index (χ4v) is 5.05. The smallest absolute Gasteiger partial charge is 0.306 e. The Morgan fingerprint density at radius 2 is 1.91 bits per heavy atom. The Labute approximate surface area is 200 Å². The standard InChI is InChI=1S/C21H20N2O7S3/c1-2-29-17-12-14(8-9-16(17)30-11-10-19(24)25)13-18-20(26)23(21(31)32-18)22-33(27,28)15-6-4-3-5-7-15/h3-9,12-13,22H,2,10-11H2,1H3,(H,24,25)/b18-13+. The van der Waals surface area contributed by atoms with Gasteiger partial charge in [-0.2, -0.15) is 0 Å². The Bertz CT molecular complexity index is 1200. The number of nitrogens with zero attached hydrogens (tertiary/aromatic N) is 1.